The lowest BCUT2D eigenvalue weighted by Crippen LogP contribution is -2.35. The van der Waals surface area contributed by atoms with Crippen molar-refractivity contribution in [2.24, 2.45) is 5.92 Å². The fourth-order valence-electron chi connectivity index (χ4n) is 2.45. The van der Waals surface area contributed by atoms with Crippen LogP contribution in [0, 0.1) is 12.8 Å². The highest BCUT2D eigenvalue weighted by molar-refractivity contribution is 9.10. The van der Waals surface area contributed by atoms with Crippen molar-refractivity contribution in [2.45, 2.75) is 32.5 Å². The van der Waals surface area contributed by atoms with E-state index in [4.69, 9.17) is 9.47 Å². The van der Waals surface area contributed by atoms with Gasteiger partial charge in [0.2, 0.25) is 0 Å². The third-order valence-corrected chi connectivity index (χ3v) is 4.46. The van der Waals surface area contributed by atoms with Crippen molar-refractivity contribution in [3.63, 3.8) is 0 Å². The van der Waals surface area contributed by atoms with E-state index in [-0.39, 0.29) is 6.61 Å². The molecule has 3 unspecified atom stereocenters. The van der Waals surface area contributed by atoms with Gasteiger partial charge in [-0.2, -0.15) is 0 Å². The minimum Gasteiger partial charge on any atom is -0.490 e. The highest BCUT2D eigenvalue weighted by Crippen LogP contribution is 2.25. The lowest BCUT2D eigenvalue weighted by atomic mass is 10.0. The van der Waals surface area contributed by atoms with Gasteiger partial charge >= 0.3 is 0 Å². The molecular weight excluding hydrogens is 334 g/mol. The van der Waals surface area contributed by atoms with E-state index in [1.165, 1.54) is 5.56 Å². The number of hydrogen-bond donors (Lipinski definition) is 2. The first-order valence-electron chi connectivity index (χ1n) is 7.45. The Kier molecular flexibility index (Phi) is 6.48. The van der Waals surface area contributed by atoms with Crippen LogP contribution >= 0.6 is 15.9 Å². The fourth-order valence-corrected chi connectivity index (χ4v) is 3.06. The van der Waals surface area contributed by atoms with Gasteiger partial charge in [-0.25, -0.2) is 0 Å². The average molecular weight is 358 g/mol. The number of ether oxygens (including phenoxy) is 2. The molecule has 1 aromatic rings. The molecule has 1 aromatic carbocycles. The molecule has 2 rings (SSSR count). The zero-order valence-corrected chi connectivity index (χ0v) is 14.2. The van der Waals surface area contributed by atoms with Gasteiger partial charge in [0.15, 0.2) is 0 Å². The van der Waals surface area contributed by atoms with Gasteiger partial charge in [0.1, 0.15) is 18.5 Å². The summed E-state index contributed by atoms with van der Waals surface area (Å²) in [6.45, 7) is 6.68. The summed E-state index contributed by atoms with van der Waals surface area (Å²) in [6.07, 6.45) is 0.891. The molecule has 21 heavy (non-hydrogen) atoms. The van der Waals surface area contributed by atoms with Crippen LogP contribution in [0.25, 0.3) is 0 Å². The largest absolute Gasteiger partial charge is 0.490 e. The summed E-state index contributed by atoms with van der Waals surface area (Å²) in [4.78, 5) is 0. The molecule has 2 N–H and O–H groups in total. The highest BCUT2D eigenvalue weighted by atomic mass is 79.9. The third kappa shape index (κ3) is 5.25. The number of aryl methyl sites for hydroxylation is 1. The van der Waals surface area contributed by atoms with E-state index >= 15 is 0 Å². The van der Waals surface area contributed by atoms with Crippen LogP contribution in [0.4, 0.5) is 0 Å². The Bertz CT molecular complexity index is 455. The number of rotatable bonds is 7. The molecule has 0 bridgehead atoms. The van der Waals surface area contributed by atoms with Gasteiger partial charge in [0.05, 0.1) is 10.6 Å². The zero-order chi connectivity index (χ0) is 15.2. The molecule has 5 heteroatoms. The lowest BCUT2D eigenvalue weighted by Gasteiger charge is -2.17. The first kappa shape index (κ1) is 16.7. The summed E-state index contributed by atoms with van der Waals surface area (Å²) in [5.41, 5.74) is 1.17. The molecule has 1 fully saturated rings. The minimum atomic E-state index is -0.518. The molecule has 0 radical (unpaired) electrons. The fraction of sp³-hybridized carbons (Fsp3) is 0.625. The van der Waals surface area contributed by atoms with Crippen LogP contribution in [0.5, 0.6) is 5.75 Å². The predicted molar refractivity (Wildman–Crippen MR) is 86.8 cm³/mol. The Labute approximate surface area is 135 Å². The van der Waals surface area contributed by atoms with Crippen molar-refractivity contribution in [1.29, 1.82) is 0 Å². The molecule has 0 aromatic heterocycles. The van der Waals surface area contributed by atoms with Crippen molar-refractivity contribution in [2.75, 3.05) is 26.3 Å². The summed E-state index contributed by atoms with van der Waals surface area (Å²) >= 11 is 3.47. The van der Waals surface area contributed by atoms with Gasteiger partial charge in [-0.15, -0.1) is 0 Å². The monoisotopic (exact) mass is 357 g/mol. The molecule has 3 atom stereocenters. The quantitative estimate of drug-likeness (QED) is 0.787. The van der Waals surface area contributed by atoms with Crippen LogP contribution in [0.1, 0.15) is 18.9 Å². The molecule has 118 valence electrons. The Morgan fingerprint density at radius 2 is 2.33 bits per heavy atom. The first-order chi connectivity index (χ1) is 10.1. The van der Waals surface area contributed by atoms with Crippen LogP contribution in [0.2, 0.25) is 0 Å². The number of aliphatic hydroxyl groups excluding tert-OH is 1. The Hall–Kier alpha value is -0.620. The van der Waals surface area contributed by atoms with Crippen LogP contribution in [-0.4, -0.2) is 43.6 Å². The third-order valence-electron chi connectivity index (χ3n) is 3.84. The summed E-state index contributed by atoms with van der Waals surface area (Å²) in [5.74, 6) is 1.31. The van der Waals surface area contributed by atoms with E-state index in [2.05, 4.69) is 28.2 Å². The molecule has 0 aliphatic carbocycles. The molecule has 0 spiro atoms. The van der Waals surface area contributed by atoms with Crippen molar-refractivity contribution < 1.29 is 14.6 Å². The maximum Gasteiger partial charge on any atom is 0.133 e. The molecule has 1 aliphatic rings. The minimum absolute atomic E-state index is 0.283. The second kappa shape index (κ2) is 8.13. The van der Waals surface area contributed by atoms with E-state index in [9.17, 15) is 5.11 Å². The summed E-state index contributed by atoms with van der Waals surface area (Å²) in [6, 6.07) is 5.91. The van der Waals surface area contributed by atoms with Crippen LogP contribution in [-0.2, 0) is 4.74 Å². The number of nitrogens with one attached hydrogen (secondary N) is 1. The average Bonchev–Trinajstić information content (AvgIpc) is 2.83. The van der Waals surface area contributed by atoms with Gasteiger partial charge in [-0.3, -0.25) is 0 Å². The van der Waals surface area contributed by atoms with Crippen molar-refractivity contribution in [3.8, 4) is 5.75 Å². The van der Waals surface area contributed by atoms with E-state index < -0.39 is 6.10 Å². The highest BCUT2D eigenvalue weighted by Gasteiger charge is 2.23. The summed E-state index contributed by atoms with van der Waals surface area (Å²) in [5, 5.41) is 13.3. The van der Waals surface area contributed by atoms with Crippen molar-refractivity contribution >= 4 is 15.9 Å². The maximum atomic E-state index is 9.96. The summed E-state index contributed by atoms with van der Waals surface area (Å²) < 4.78 is 12.1. The van der Waals surface area contributed by atoms with Gasteiger partial charge in [0.25, 0.3) is 0 Å². The summed E-state index contributed by atoms with van der Waals surface area (Å²) in [7, 11) is 0. The van der Waals surface area contributed by atoms with Crippen LogP contribution < -0.4 is 10.1 Å². The molecule has 1 aliphatic heterocycles. The SMILES string of the molecule is Cc1ccc(OCC(O)CNCC2CCOC2C)c(Br)c1. The Morgan fingerprint density at radius 1 is 1.52 bits per heavy atom. The standard InChI is InChI=1S/C16H24BrNO3/c1-11-3-4-16(15(17)7-11)21-10-14(19)9-18-8-13-5-6-20-12(13)2/h3-4,7,12-14,18-19H,5-6,8-10H2,1-2H3. The zero-order valence-electron chi connectivity index (χ0n) is 12.6. The van der Waals surface area contributed by atoms with Crippen molar-refractivity contribution in [3.05, 3.63) is 28.2 Å². The van der Waals surface area contributed by atoms with Gasteiger partial charge < -0.3 is 19.9 Å². The van der Waals surface area contributed by atoms with E-state index in [0.29, 0.717) is 18.6 Å². The molecular formula is C16H24BrNO3. The predicted octanol–water partition coefficient (Wildman–Crippen LogP) is 2.51. The smallest absolute Gasteiger partial charge is 0.133 e. The Morgan fingerprint density at radius 3 is 3.00 bits per heavy atom. The number of aliphatic hydroxyl groups is 1. The van der Waals surface area contributed by atoms with E-state index in [1.54, 1.807) is 0 Å². The van der Waals surface area contributed by atoms with Gasteiger partial charge in [-0.1, -0.05) is 6.07 Å². The van der Waals surface area contributed by atoms with Gasteiger partial charge in [-0.05, 0) is 59.8 Å². The molecule has 0 saturated carbocycles. The molecule has 4 nitrogen and oxygen atoms in total. The lowest BCUT2D eigenvalue weighted by molar-refractivity contribution is 0.0944. The number of hydrogen-bond acceptors (Lipinski definition) is 4. The number of benzene rings is 1. The normalized spacial score (nSPS) is 23.2. The van der Waals surface area contributed by atoms with Crippen LogP contribution in [0.15, 0.2) is 22.7 Å². The molecule has 1 saturated heterocycles. The topological polar surface area (TPSA) is 50.7 Å². The number of halogens is 1. The van der Waals surface area contributed by atoms with Crippen LogP contribution in [0.3, 0.4) is 0 Å². The van der Waals surface area contributed by atoms with Gasteiger partial charge in [0, 0.05) is 19.7 Å². The van der Waals surface area contributed by atoms with Crippen molar-refractivity contribution in [1.82, 2.24) is 5.32 Å². The van der Waals surface area contributed by atoms with E-state index in [0.717, 1.165) is 29.8 Å². The van der Waals surface area contributed by atoms with E-state index in [1.807, 2.05) is 25.1 Å². The first-order valence-corrected chi connectivity index (χ1v) is 8.25. The second-order valence-electron chi connectivity index (χ2n) is 5.68. The Balaban J connectivity index is 1.66. The molecule has 1 heterocycles. The second-order valence-corrected chi connectivity index (χ2v) is 6.54. The molecule has 0 amide bonds. The maximum absolute atomic E-state index is 9.96.